The molecule has 5 heteroatoms. The Morgan fingerprint density at radius 3 is 2.37 bits per heavy atom. The SMILES string of the molecule is CCN(CC)c1ccc(NCc2nncn2C)cc1. The van der Waals surface area contributed by atoms with Crippen molar-refractivity contribution in [1.82, 2.24) is 14.8 Å². The van der Waals surface area contributed by atoms with Crippen molar-refractivity contribution in [1.29, 1.82) is 0 Å². The molecule has 19 heavy (non-hydrogen) atoms. The van der Waals surface area contributed by atoms with Gasteiger partial charge < -0.3 is 14.8 Å². The molecule has 1 aromatic carbocycles. The summed E-state index contributed by atoms with van der Waals surface area (Å²) in [6.45, 7) is 7.08. The van der Waals surface area contributed by atoms with E-state index in [4.69, 9.17) is 0 Å². The van der Waals surface area contributed by atoms with Crippen LogP contribution in [0, 0.1) is 0 Å². The van der Waals surface area contributed by atoms with E-state index in [1.165, 1.54) is 5.69 Å². The second-order valence-electron chi connectivity index (χ2n) is 4.43. The lowest BCUT2D eigenvalue weighted by Crippen LogP contribution is -2.21. The number of rotatable bonds is 6. The minimum absolute atomic E-state index is 0.682. The summed E-state index contributed by atoms with van der Waals surface area (Å²) in [7, 11) is 1.94. The Balaban J connectivity index is 1.97. The molecule has 0 atom stereocenters. The first-order valence-corrected chi connectivity index (χ1v) is 6.66. The van der Waals surface area contributed by atoms with Gasteiger partial charge in [0.25, 0.3) is 0 Å². The maximum absolute atomic E-state index is 4.05. The minimum atomic E-state index is 0.682. The Morgan fingerprint density at radius 2 is 1.84 bits per heavy atom. The lowest BCUT2D eigenvalue weighted by Gasteiger charge is -2.21. The Morgan fingerprint density at radius 1 is 1.16 bits per heavy atom. The normalized spacial score (nSPS) is 10.5. The second kappa shape index (κ2) is 6.22. The summed E-state index contributed by atoms with van der Waals surface area (Å²) in [5.74, 6) is 0.924. The molecule has 0 aliphatic heterocycles. The molecule has 2 rings (SSSR count). The van der Waals surface area contributed by atoms with Gasteiger partial charge in [-0.2, -0.15) is 0 Å². The fraction of sp³-hybridized carbons (Fsp3) is 0.429. The van der Waals surface area contributed by atoms with Crippen LogP contribution in [0.25, 0.3) is 0 Å². The maximum atomic E-state index is 4.05. The largest absolute Gasteiger partial charge is 0.378 e. The van der Waals surface area contributed by atoms with E-state index in [0.717, 1.165) is 24.6 Å². The molecule has 0 radical (unpaired) electrons. The van der Waals surface area contributed by atoms with Gasteiger partial charge in [-0.05, 0) is 38.1 Å². The van der Waals surface area contributed by atoms with Gasteiger partial charge in [-0.1, -0.05) is 0 Å². The zero-order valence-electron chi connectivity index (χ0n) is 11.8. The number of aromatic nitrogens is 3. The predicted molar refractivity (Wildman–Crippen MR) is 78.3 cm³/mol. The first kappa shape index (κ1) is 13.4. The summed E-state index contributed by atoms with van der Waals surface area (Å²) in [5.41, 5.74) is 2.35. The van der Waals surface area contributed by atoms with E-state index >= 15 is 0 Å². The van der Waals surface area contributed by atoms with Crippen LogP contribution in [-0.2, 0) is 13.6 Å². The van der Waals surface area contributed by atoms with Crippen LogP contribution in [0.1, 0.15) is 19.7 Å². The van der Waals surface area contributed by atoms with E-state index in [2.05, 4.69) is 58.5 Å². The third-order valence-electron chi connectivity index (χ3n) is 3.25. The Hall–Kier alpha value is -2.04. The third kappa shape index (κ3) is 3.24. The minimum Gasteiger partial charge on any atom is -0.378 e. The molecule has 1 heterocycles. The highest BCUT2D eigenvalue weighted by Gasteiger charge is 2.02. The van der Waals surface area contributed by atoms with Gasteiger partial charge in [0.15, 0.2) is 5.82 Å². The van der Waals surface area contributed by atoms with Crippen LogP contribution in [0.15, 0.2) is 30.6 Å². The molecule has 0 bridgehead atoms. The third-order valence-corrected chi connectivity index (χ3v) is 3.25. The molecule has 0 unspecified atom stereocenters. The van der Waals surface area contributed by atoms with Crippen LogP contribution in [0.2, 0.25) is 0 Å². The van der Waals surface area contributed by atoms with E-state index in [-0.39, 0.29) is 0 Å². The van der Waals surface area contributed by atoms with Gasteiger partial charge in [0.2, 0.25) is 0 Å². The van der Waals surface area contributed by atoms with Crippen molar-refractivity contribution in [3.63, 3.8) is 0 Å². The molecule has 0 aliphatic rings. The predicted octanol–water partition coefficient (Wildman–Crippen LogP) is 2.27. The van der Waals surface area contributed by atoms with Gasteiger partial charge in [0, 0.05) is 31.5 Å². The van der Waals surface area contributed by atoms with Crippen molar-refractivity contribution >= 4 is 11.4 Å². The zero-order valence-corrected chi connectivity index (χ0v) is 11.8. The molecular formula is C14H21N5. The van der Waals surface area contributed by atoms with E-state index in [0.29, 0.717) is 6.54 Å². The highest BCUT2D eigenvalue weighted by molar-refractivity contribution is 5.55. The Bertz CT molecular complexity index is 499. The van der Waals surface area contributed by atoms with Crippen molar-refractivity contribution in [2.45, 2.75) is 20.4 Å². The van der Waals surface area contributed by atoms with E-state index in [1.807, 2.05) is 11.6 Å². The summed E-state index contributed by atoms with van der Waals surface area (Å²) in [6.07, 6.45) is 1.71. The summed E-state index contributed by atoms with van der Waals surface area (Å²) < 4.78 is 1.91. The number of anilines is 2. The van der Waals surface area contributed by atoms with Crippen molar-refractivity contribution in [2.75, 3.05) is 23.3 Å². The highest BCUT2D eigenvalue weighted by atomic mass is 15.3. The van der Waals surface area contributed by atoms with Crippen molar-refractivity contribution in [2.24, 2.45) is 7.05 Å². The fourth-order valence-corrected chi connectivity index (χ4v) is 2.03. The smallest absolute Gasteiger partial charge is 0.151 e. The van der Waals surface area contributed by atoms with Crippen molar-refractivity contribution in [3.05, 3.63) is 36.4 Å². The van der Waals surface area contributed by atoms with Gasteiger partial charge in [-0.25, -0.2) is 0 Å². The van der Waals surface area contributed by atoms with Gasteiger partial charge in [0.1, 0.15) is 6.33 Å². The average molecular weight is 259 g/mol. The second-order valence-corrected chi connectivity index (χ2v) is 4.43. The average Bonchev–Trinajstić information content (AvgIpc) is 2.85. The topological polar surface area (TPSA) is 46.0 Å². The summed E-state index contributed by atoms with van der Waals surface area (Å²) in [5, 5.41) is 11.3. The first-order chi connectivity index (χ1) is 9.24. The first-order valence-electron chi connectivity index (χ1n) is 6.66. The van der Waals surface area contributed by atoms with Gasteiger partial charge in [-0.15, -0.1) is 10.2 Å². The molecule has 0 saturated heterocycles. The van der Waals surface area contributed by atoms with Crippen LogP contribution in [0.5, 0.6) is 0 Å². The molecule has 1 N–H and O–H groups in total. The fourth-order valence-electron chi connectivity index (χ4n) is 2.03. The van der Waals surface area contributed by atoms with E-state index < -0.39 is 0 Å². The molecule has 0 saturated carbocycles. The van der Waals surface area contributed by atoms with Gasteiger partial charge in [-0.3, -0.25) is 0 Å². The molecule has 0 fully saturated rings. The zero-order chi connectivity index (χ0) is 13.7. The Labute approximate surface area is 114 Å². The highest BCUT2D eigenvalue weighted by Crippen LogP contribution is 2.17. The van der Waals surface area contributed by atoms with Crippen LogP contribution in [0.4, 0.5) is 11.4 Å². The molecule has 102 valence electrons. The lowest BCUT2D eigenvalue weighted by atomic mass is 10.2. The number of nitrogens with one attached hydrogen (secondary N) is 1. The quantitative estimate of drug-likeness (QED) is 0.864. The van der Waals surface area contributed by atoms with E-state index in [1.54, 1.807) is 6.33 Å². The molecular weight excluding hydrogens is 238 g/mol. The van der Waals surface area contributed by atoms with Crippen LogP contribution in [0.3, 0.4) is 0 Å². The summed E-state index contributed by atoms with van der Waals surface area (Å²) in [4.78, 5) is 2.33. The molecule has 0 amide bonds. The number of hydrogen-bond donors (Lipinski definition) is 1. The number of aryl methyl sites for hydroxylation is 1. The van der Waals surface area contributed by atoms with Crippen LogP contribution in [-0.4, -0.2) is 27.9 Å². The number of benzene rings is 1. The molecule has 0 spiro atoms. The van der Waals surface area contributed by atoms with Crippen molar-refractivity contribution < 1.29 is 0 Å². The number of hydrogen-bond acceptors (Lipinski definition) is 4. The molecule has 1 aromatic heterocycles. The molecule has 2 aromatic rings. The molecule has 5 nitrogen and oxygen atoms in total. The van der Waals surface area contributed by atoms with Gasteiger partial charge in [0.05, 0.1) is 6.54 Å². The van der Waals surface area contributed by atoms with Crippen LogP contribution < -0.4 is 10.2 Å². The summed E-state index contributed by atoms with van der Waals surface area (Å²) in [6, 6.07) is 8.49. The monoisotopic (exact) mass is 259 g/mol. The Kier molecular flexibility index (Phi) is 4.39. The lowest BCUT2D eigenvalue weighted by molar-refractivity contribution is 0.812. The van der Waals surface area contributed by atoms with Crippen molar-refractivity contribution in [3.8, 4) is 0 Å². The standard InChI is InChI=1S/C14H21N5/c1-4-19(5-2)13-8-6-12(7-9-13)15-10-14-17-16-11-18(14)3/h6-9,11,15H,4-5,10H2,1-3H3. The summed E-state index contributed by atoms with van der Waals surface area (Å²) >= 11 is 0. The maximum Gasteiger partial charge on any atom is 0.151 e. The number of nitrogens with zero attached hydrogens (tertiary/aromatic N) is 4. The van der Waals surface area contributed by atoms with Crippen LogP contribution >= 0.6 is 0 Å². The van der Waals surface area contributed by atoms with Gasteiger partial charge >= 0.3 is 0 Å². The molecule has 0 aliphatic carbocycles. The van der Waals surface area contributed by atoms with E-state index in [9.17, 15) is 0 Å².